The number of hydrogen-bond acceptors (Lipinski definition) is 2. The van der Waals surface area contributed by atoms with Crippen molar-refractivity contribution < 1.29 is 0 Å². The van der Waals surface area contributed by atoms with Crippen molar-refractivity contribution in [1.82, 2.24) is 10.6 Å². The maximum Gasteiger partial charge on any atom is 0.00817 e. The fourth-order valence-electron chi connectivity index (χ4n) is 3.14. The molecule has 2 nitrogen and oxygen atoms in total. The number of aryl methyl sites for hydroxylation is 1. The summed E-state index contributed by atoms with van der Waals surface area (Å²) in [6.07, 6.45) is 7.89. The van der Waals surface area contributed by atoms with E-state index in [-0.39, 0.29) is 0 Å². The van der Waals surface area contributed by atoms with Gasteiger partial charge < -0.3 is 10.6 Å². The van der Waals surface area contributed by atoms with Gasteiger partial charge in [-0.25, -0.2) is 0 Å². The summed E-state index contributed by atoms with van der Waals surface area (Å²) in [6.45, 7) is 6.78. The Morgan fingerprint density at radius 2 is 2.20 bits per heavy atom. The highest BCUT2D eigenvalue weighted by Gasteiger charge is 2.14. The van der Waals surface area contributed by atoms with E-state index in [1.165, 1.54) is 49.8 Å². The largest absolute Gasteiger partial charge is 0.314 e. The number of hydrogen-bond donors (Lipinski definition) is 2. The van der Waals surface area contributed by atoms with Crippen molar-refractivity contribution in [2.45, 2.75) is 64.5 Å². The molecule has 0 radical (unpaired) electrons. The summed E-state index contributed by atoms with van der Waals surface area (Å²) in [5, 5.41) is 7.37. The molecule has 2 atom stereocenters. The van der Waals surface area contributed by atoms with Gasteiger partial charge in [0.2, 0.25) is 0 Å². The summed E-state index contributed by atoms with van der Waals surface area (Å²) in [5.41, 5.74) is 2.80. The van der Waals surface area contributed by atoms with Crippen LogP contribution in [0.2, 0.25) is 0 Å². The van der Waals surface area contributed by atoms with Gasteiger partial charge in [0.15, 0.2) is 0 Å². The second-order valence-corrected chi connectivity index (χ2v) is 6.33. The molecular formula is C18H30N2. The normalized spacial score (nSPS) is 21.4. The van der Waals surface area contributed by atoms with Crippen molar-refractivity contribution in [3.8, 4) is 0 Å². The molecule has 112 valence electrons. The summed E-state index contributed by atoms with van der Waals surface area (Å²) in [6, 6.07) is 10.2. The first-order valence-corrected chi connectivity index (χ1v) is 8.26. The molecule has 1 aromatic carbocycles. The molecule has 0 aliphatic carbocycles. The van der Waals surface area contributed by atoms with Crippen LogP contribution in [-0.4, -0.2) is 25.2 Å². The lowest BCUT2D eigenvalue weighted by Gasteiger charge is -2.21. The minimum Gasteiger partial charge on any atom is -0.314 e. The maximum atomic E-state index is 3.69. The van der Waals surface area contributed by atoms with Crippen molar-refractivity contribution in [1.29, 1.82) is 0 Å². The zero-order chi connectivity index (χ0) is 14.2. The van der Waals surface area contributed by atoms with Crippen LogP contribution < -0.4 is 10.6 Å². The predicted molar refractivity (Wildman–Crippen MR) is 87.2 cm³/mol. The summed E-state index contributed by atoms with van der Waals surface area (Å²) in [4.78, 5) is 0. The van der Waals surface area contributed by atoms with E-state index in [0.29, 0.717) is 6.04 Å². The molecule has 1 aliphatic heterocycles. The van der Waals surface area contributed by atoms with Crippen LogP contribution >= 0.6 is 0 Å². The molecule has 20 heavy (non-hydrogen) atoms. The molecule has 1 aromatic rings. The minimum absolute atomic E-state index is 0.607. The lowest BCUT2D eigenvalue weighted by atomic mass is 10.0. The first-order chi connectivity index (χ1) is 9.74. The van der Waals surface area contributed by atoms with Gasteiger partial charge in [-0.1, -0.05) is 42.7 Å². The molecule has 0 amide bonds. The Morgan fingerprint density at radius 3 is 3.05 bits per heavy atom. The number of rotatable bonds is 6. The zero-order valence-electron chi connectivity index (χ0n) is 13.1. The van der Waals surface area contributed by atoms with Gasteiger partial charge in [-0.3, -0.25) is 0 Å². The van der Waals surface area contributed by atoms with E-state index in [0.717, 1.165) is 19.0 Å². The number of benzene rings is 1. The third kappa shape index (κ3) is 5.64. The van der Waals surface area contributed by atoms with Gasteiger partial charge in [-0.2, -0.15) is 0 Å². The molecule has 2 N–H and O–H groups in total. The van der Waals surface area contributed by atoms with Crippen LogP contribution in [0.25, 0.3) is 0 Å². The van der Waals surface area contributed by atoms with Crippen molar-refractivity contribution in [3.05, 3.63) is 35.4 Å². The van der Waals surface area contributed by atoms with E-state index < -0.39 is 0 Å². The van der Waals surface area contributed by atoms with Gasteiger partial charge in [0, 0.05) is 12.1 Å². The standard InChI is InChI=1S/C18H30N2/c1-15-7-6-8-17(13-15)10-12-19-16(2)14-18-9-4-3-5-11-20-18/h6-8,13,16,18-20H,3-5,9-12,14H2,1-2H3. The molecule has 2 heteroatoms. The molecule has 0 spiro atoms. The van der Waals surface area contributed by atoms with E-state index in [4.69, 9.17) is 0 Å². The van der Waals surface area contributed by atoms with Gasteiger partial charge in [-0.15, -0.1) is 0 Å². The van der Waals surface area contributed by atoms with Crippen LogP contribution in [0.3, 0.4) is 0 Å². The Labute approximate surface area is 124 Å². The number of nitrogens with one attached hydrogen (secondary N) is 2. The van der Waals surface area contributed by atoms with E-state index in [1.807, 2.05) is 0 Å². The highest BCUT2D eigenvalue weighted by molar-refractivity contribution is 5.22. The second-order valence-electron chi connectivity index (χ2n) is 6.33. The molecule has 0 bridgehead atoms. The Balaban J connectivity index is 1.65. The van der Waals surface area contributed by atoms with Crippen molar-refractivity contribution in [3.63, 3.8) is 0 Å². The fourth-order valence-corrected chi connectivity index (χ4v) is 3.14. The fraction of sp³-hybridized carbons (Fsp3) is 0.667. The first-order valence-electron chi connectivity index (χ1n) is 8.26. The average molecular weight is 274 g/mol. The monoisotopic (exact) mass is 274 g/mol. The lowest BCUT2D eigenvalue weighted by molar-refractivity contribution is 0.405. The molecule has 1 fully saturated rings. The SMILES string of the molecule is Cc1cccc(CCNC(C)CC2CCCCCN2)c1. The smallest absolute Gasteiger partial charge is 0.00817 e. The Hall–Kier alpha value is -0.860. The van der Waals surface area contributed by atoms with E-state index >= 15 is 0 Å². The molecule has 2 unspecified atom stereocenters. The Morgan fingerprint density at radius 1 is 1.30 bits per heavy atom. The van der Waals surface area contributed by atoms with Crippen molar-refractivity contribution in [2.75, 3.05) is 13.1 Å². The van der Waals surface area contributed by atoms with E-state index in [9.17, 15) is 0 Å². The molecule has 2 rings (SSSR count). The molecular weight excluding hydrogens is 244 g/mol. The van der Waals surface area contributed by atoms with Crippen LogP contribution in [0, 0.1) is 6.92 Å². The predicted octanol–water partition coefficient (Wildman–Crippen LogP) is 3.44. The highest BCUT2D eigenvalue weighted by Crippen LogP contribution is 2.12. The van der Waals surface area contributed by atoms with Gasteiger partial charge in [0.25, 0.3) is 0 Å². The third-order valence-electron chi connectivity index (χ3n) is 4.29. The first kappa shape index (κ1) is 15.5. The van der Waals surface area contributed by atoms with Crippen LogP contribution in [0.1, 0.15) is 50.2 Å². The van der Waals surface area contributed by atoms with Gasteiger partial charge in [0.05, 0.1) is 0 Å². The topological polar surface area (TPSA) is 24.1 Å². The average Bonchev–Trinajstić information content (AvgIpc) is 2.67. The van der Waals surface area contributed by atoms with Gasteiger partial charge in [0.1, 0.15) is 0 Å². The zero-order valence-corrected chi connectivity index (χ0v) is 13.1. The molecule has 1 aliphatic rings. The maximum absolute atomic E-state index is 3.69. The van der Waals surface area contributed by atoms with Crippen LogP contribution in [-0.2, 0) is 6.42 Å². The highest BCUT2D eigenvalue weighted by atomic mass is 14.9. The van der Waals surface area contributed by atoms with E-state index in [1.54, 1.807) is 0 Å². The summed E-state index contributed by atoms with van der Waals surface area (Å²) in [7, 11) is 0. The Bertz CT molecular complexity index is 381. The molecule has 0 aromatic heterocycles. The summed E-state index contributed by atoms with van der Waals surface area (Å²) in [5.74, 6) is 0. The minimum atomic E-state index is 0.607. The summed E-state index contributed by atoms with van der Waals surface area (Å²) >= 11 is 0. The summed E-state index contributed by atoms with van der Waals surface area (Å²) < 4.78 is 0. The van der Waals surface area contributed by atoms with Crippen molar-refractivity contribution in [2.24, 2.45) is 0 Å². The Kier molecular flexibility index (Phi) is 6.55. The van der Waals surface area contributed by atoms with Crippen LogP contribution in [0.4, 0.5) is 0 Å². The molecule has 0 saturated carbocycles. The third-order valence-corrected chi connectivity index (χ3v) is 4.29. The van der Waals surface area contributed by atoms with E-state index in [2.05, 4.69) is 48.7 Å². The quantitative estimate of drug-likeness (QED) is 0.830. The molecule has 1 saturated heterocycles. The van der Waals surface area contributed by atoms with Gasteiger partial charge in [-0.05, 0) is 58.2 Å². The van der Waals surface area contributed by atoms with Gasteiger partial charge >= 0.3 is 0 Å². The second kappa shape index (κ2) is 8.43. The lowest BCUT2D eigenvalue weighted by Crippen LogP contribution is -2.37. The van der Waals surface area contributed by atoms with Crippen molar-refractivity contribution >= 4 is 0 Å². The molecule has 1 heterocycles. The van der Waals surface area contributed by atoms with Crippen LogP contribution in [0.15, 0.2) is 24.3 Å². The van der Waals surface area contributed by atoms with Crippen LogP contribution in [0.5, 0.6) is 0 Å².